The molecule has 1 aliphatic rings. The van der Waals surface area contributed by atoms with Crippen molar-refractivity contribution in [2.75, 3.05) is 11.4 Å². The summed E-state index contributed by atoms with van der Waals surface area (Å²) in [5.41, 5.74) is 3.50. The molecule has 1 N–H and O–H groups in total. The van der Waals surface area contributed by atoms with Crippen LogP contribution in [-0.2, 0) is 24.3 Å². The Morgan fingerprint density at radius 3 is 2.55 bits per heavy atom. The van der Waals surface area contributed by atoms with Crippen molar-refractivity contribution in [3.05, 3.63) is 83.9 Å². The van der Waals surface area contributed by atoms with Gasteiger partial charge in [0.25, 0.3) is 0 Å². The van der Waals surface area contributed by atoms with Crippen LogP contribution in [0.1, 0.15) is 23.2 Å². The lowest BCUT2D eigenvalue weighted by Gasteiger charge is -2.34. The van der Waals surface area contributed by atoms with E-state index in [9.17, 15) is 18.0 Å². The molecular formula is C23H23F3N4O. The van der Waals surface area contributed by atoms with Gasteiger partial charge < -0.3 is 14.8 Å². The van der Waals surface area contributed by atoms with Gasteiger partial charge >= 0.3 is 12.1 Å². The average molecular weight is 428 g/mol. The number of hydrogen-bond acceptors (Lipinski definition) is 3. The Morgan fingerprint density at radius 2 is 1.84 bits per heavy atom. The van der Waals surface area contributed by atoms with Gasteiger partial charge in [-0.05, 0) is 30.0 Å². The van der Waals surface area contributed by atoms with E-state index in [1.54, 1.807) is 24.7 Å². The Kier molecular flexibility index (Phi) is 5.97. The molecule has 2 aromatic carbocycles. The van der Waals surface area contributed by atoms with E-state index in [1.807, 2.05) is 42.5 Å². The lowest BCUT2D eigenvalue weighted by Crippen LogP contribution is -2.47. The molecular weight excluding hydrogens is 405 g/mol. The Morgan fingerprint density at radius 1 is 1.10 bits per heavy atom. The monoisotopic (exact) mass is 428 g/mol. The van der Waals surface area contributed by atoms with E-state index in [4.69, 9.17) is 0 Å². The molecule has 0 radical (unpaired) electrons. The SMILES string of the molecule is O=C(N1Cc2ccccc2N(Cc2cnc[nH]2)C(CCc2ccccc2)C1)C(F)(F)F. The lowest BCUT2D eigenvalue weighted by molar-refractivity contribution is -0.186. The van der Waals surface area contributed by atoms with Crippen LogP contribution in [0.4, 0.5) is 18.9 Å². The van der Waals surface area contributed by atoms with Crippen molar-refractivity contribution in [2.45, 2.75) is 38.1 Å². The molecule has 5 nitrogen and oxygen atoms in total. The smallest absolute Gasteiger partial charge is 0.361 e. The number of halogens is 3. The van der Waals surface area contributed by atoms with Crippen molar-refractivity contribution in [3.8, 4) is 0 Å². The maximum atomic E-state index is 13.3. The second-order valence-electron chi connectivity index (χ2n) is 7.69. The van der Waals surface area contributed by atoms with Crippen LogP contribution in [0.15, 0.2) is 67.1 Å². The van der Waals surface area contributed by atoms with Crippen LogP contribution in [0.3, 0.4) is 0 Å². The number of nitrogens with one attached hydrogen (secondary N) is 1. The highest BCUT2D eigenvalue weighted by molar-refractivity contribution is 5.82. The number of nitrogens with zero attached hydrogens (tertiary/aromatic N) is 3. The normalized spacial score (nSPS) is 16.7. The summed E-state index contributed by atoms with van der Waals surface area (Å²) < 4.78 is 39.9. The largest absolute Gasteiger partial charge is 0.471 e. The van der Waals surface area contributed by atoms with Gasteiger partial charge in [0.2, 0.25) is 0 Å². The number of aromatic nitrogens is 2. The van der Waals surface area contributed by atoms with Gasteiger partial charge in [0, 0.05) is 31.0 Å². The number of anilines is 1. The van der Waals surface area contributed by atoms with E-state index in [0.717, 1.165) is 21.8 Å². The number of carbonyl (C=O) groups excluding carboxylic acids is 1. The number of H-pyrrole nitrogens is 1. The number of aryl methyl sites for hydroxylation is 1. The minimum Gasteiger partial charge on any atom is -0.361 e. The number of carbonyl (C=O) groups is 1. The molecule has 8 heteroatoms. The Labute approximate surface area is 178 Å². The van der Waals surface area contributed by atoms with E-state index < -0.39 is 12.1 Å². The first kappa shape index (κ1) is 21.0. The van der Waals surface area contributed by atoms with E-state index in [-0.39, 0.29) is 19.1 Å². The molecule has 0 saturated heterocycles. The number of benzene rings is 2. The summed E-state index contributed by atoms with van der Waals surface area (Å²) in [6, 6.07) is 16.9. The predicted molar refractivity (Wildman–Crippen MR) is 111 cm³/mol. The third kappa shape index (κ3) is 4.90. The standard InChI is InChI=1S/C23H23F3N4O/c24-23(25,26)22(31)29-13-18-8-4-5-9-21(18)30(14-19-12-27-16-28-19)20(15-29)11-10-17-6-2-1-3-7-17/h1-9,12,16,20H,10-11,13-15H2,(H,27,28). The third-order valence-corrected chi connectivity index (χ3v) is 5.57. The van der Waals surface area contributed by atoms with Crippen LogP contribution in [0.25, 0.3) is 0 Å². The summed E-state index contributed by atoms with van der Waals surface area (Å²) in [5.74, 6) is -1.80. The van der Waals surface area contributed by atoms with Crippen LogP contribution in [0.2, 0.25) is 0 Å². The fourth-order valence-electron chi connectivity index (χ4n) is 4.07. The summed E-state index contributed by atoms with van der Waals surface area (Å²) in [7, 11) is 0. The number of para-hydroxylation sites is 1. The third-order valence-electron chi connectivity index (χ3n) is 5.57. The van der Waals surface area contributed by atoms with Gasteiger partial charge in [0.15, 0.2) is 0 Å². The van der Waals surface area contributed by atoms with Crippen molar-refractivity contribution in [1.29, 1.82) is 0 Å². The minimum absolute atomic E-state index is 0.00596. The molecule has 2 heterocycles. The van der Waals surface area contributed by atoms with Gasteiger partial charge in [0.1, 0.15) is 0 Å². The Hall–Kier alpha value is -3.29. The van der Waals surface area contributed by atoms with Crippen LogP contribution in [0, 0.1) is 0 Å². The zero-order valence-electron chi connectivity index (χ0n) is 16.8. The average Bonchev–Trinajstić information content (AvgIpc) is 3.22. The number of aromatic amines is 1. The van der Waals surface area contributed by atoms with E-state index >= 15 is 0 Å². The maximum absolute atomic E-state index is 13.3. The number of rotatable bonds is 5. The molecule has 1 aromatic heterocycles. The molecule has 0 aliphatic carbocycles. The molecule has 0 fully saturated rings. The molecule has 1 atom stereocenters. The first-order chi connectivity index (χ1) is 14.9. The quantitative estimate of drug-likeness (QED) is 0.659. The Balaban J connectivity index is 1.69. The van der Waals surface area contributed by atoms with Gasteiger partial charge in [-0.1, -0.05) is 48.5 Å². The maximum Gasteiger partial charge on any atom is 0.471 e. The second kappa shape index (κ2) is 8.83. The van der Waals surface area contributed by atoms with Gasteiger partial charge in [-0.3, -0.25) is 4.79 Å². The van der Waals surface area contributed by atoms with E-state index in [1.165, 1.54) is 0 Å². The highest BCUT2D eigenvalue weighted by Gasteiger charge is 2.44. The zero-order valence-corrected chi connectivity index (χ0v) is 16.8. The summed E-state index contributed by atoms with van der Waals surface area (Å²) >= 11 is 0. The highest BCUT2D eigenvalue weighted by atomic mass is 19.4. The van der Waals surface area contributed by atoms with Crippen molar-refractivity contribution < 1.29 is 18.0 Å². The summed E-state index contributed by atoms with van der Waals surface area (Å²) in [5, 5.41) is 0. The predicted octanol–water partition coefficient (Wildman–Crippen LogP) is 4.32. The fraction of sp³-hybridized carbons (Fsp3) is 0.304. The number of amides is 1. The van der Waals surface area contributed by atoms with E-state index in [2.05, 4.69) is 14.9 Å². The van der Waals surface area contributed by atoms with Gasteiger partial charge in [0.05, 0.1) is 18.6 Å². The minimum atomic E-state index is -4.91. The number of alkyl halides is 3. The molecule has 0 saturated carbocycles. The van der Waals surface area contributed by atoms with Gasteiger partial charge in [-0.2, -0.15) is 13.2 Å². The van der Waals surface area contributed by atoms with Crippen molar-refractivity contribution in [3.63, 3.8) is 0 Å². The first-order valence-corrected chi connectivity index (χ1v) is 10.1. The molecule has 0 bridgehead atoms. The van der Waals surface area contributed by atoms with Gasteiger partial charge in [-0.25, -0.2) is 4.98 Å². The summed E-state index contributed by atoms with van der Waals surface area (Å²) in [6.07, 6.45) is -0.315. The molecule has 31 heavy (non-hydrogen) atoms. The first-order valence-electron chi connectivity index (χ1n) is 10.1. The van der Waals surface area contributed by atoms with Crippen molar-refractivity contribution >= 4 is 11.6 Å². The number of imidazole rings is 1. The number of fused-ring (bicyclic) bond motifs is 1. The second-order valence-corrected chi connectivity index (χ2v) is 7.69. The Bertz CT molecular complexity index is 1010. The fourth-order valence-corrected chi connectivity index (χ4v) is 4.07. The van der Waals surface area contributed by atoms with Crippen molar-refractivity contribution in [2.24, 2.45) is 0 Å². The summed E-state index contributed by atoms with van der Waals surface area (Å²) in [4.78, 5) is 22.4. The van der Waals surface area contributed by atoms with Crippen molar-refractivity contribution in [1.82, 2.24) is 14.9 Å². The molecule has 3 aromatic rings. The summed E-state index contributed by atoms with van der Waals surface area (Å²) in [6.45, 7) is 0.383. The molecule has 0 spiro atoms. The molecule has 4 rings (SSSR count). The van der Waals surface area contributed by atoms with Crippen LogP contribution >= 0.6 is 0 Å². The zero-order chi connectivity index (χ0) is 21.8. The molecule has 1 aliphatic heterocycles. The van der Waals surface area contributed by atoms with Crippen LogP contribution in [0.5, 0.6) is 0 Å². The number of hydrogen-bond donors (Lipinski definition) is 1. The van der Waals surface area contributed by atoms with Crippen LogP contribution in [-0.4, -0.2) is 39.5 Å². The molecule has 162 valence electrons. The van der Waals surface area contributed by atoms with Crippen LogP contribution < -0.4 is 4.90 Å². The topological polar surface area (TPSA) is 52.2 Å². The lowest BCUT2D eigenvalue weighted by atomic mass is 10.0. The highest BCUT2D eigenvalue weighted by Crippen LogP contribution is 2.32. The molecule has 1 unspecified atom stereocenters. The van der Waals surface area contributed by atoms with E-state index in [0.29, 0.717) is 24.9 Å². The van der Waals surface area contributed by atoms with Gasteiger partial charge in [-0.15, -0.1) is 0 Å². The molecule has 1 amide bonds.